The van der Waals surface area contributed by atoms with E-state index in [-0.39, 0.29) is 16.7 Å². The summed E-state index contributed by atoms with van der Waals surface area (Å²) < 4.78 is 62.8. The molecule has 0 fully saturated rings. The highest BCUT2D eigenvalue weighted by Crippen LogP contribution is 2.32. The molecular weight excluding hydrogens is 593 g/mol. The molecule has 0 aliphatic carbocycles. The van der Waals surface area contributed by atoms with Crippen molar-refractivity contribution < 1.29 is 31.2 Å². The number of sulfonamides is 1. The number of anilines is 2. The van der Waals surface area contributed by atoms with Gasteiger partial charge in [-0.3, -0.25) is 14.6 Å². The number of aromatic nitrogens is 1. The van der Waals surface area contributed by atoms with E-state index in [0.29, 0.717) is 24.8 Å². The first-order valence-corrected chi connectivity index (χ1v) is 15.2. The number of carbonyl (C=O) groups is 2. The molecule has 0 saturated heterocycles. The third-order valence-electron chi connectivity index (χ3n) is 7.35. The Morgan fingerprint density at radius 1 is 0.682 bits per heavy atom. The van der Waals surface area contributed by atoms with Gasteiger partial charge in [0.15, 0.2) is 0 Å². The molecule has 1 aromatic heterocycles. The number of fused-ring (bicyclic) bond motifs is 2. The number of benzene rings is 3. The number of aryl methyl sites for hydroxylation is 2. The van der Waals surface area contributed by atoms with Crippen molar-refractivity contribution in [1.82, 2.24) is 9.29 Å². The van der Waals surface area contributed by atoms with Crippen LogP contribution in [-0.2, 0) is 38.6 Å². The molecule has 2 amide bonds. The van der Waals surface area contributed by atoms with Crippen LogP contribution in [0.1, 0.15) is 29.7 Å². The zero-order valence-corrected chi connectivity index (χ0v) is 24.7. The second kappa shape index (κ2) is 12.2. The van der Waals surface area contributed by atoms with Gasteiger partial charge in [0.1, 0.15) is 5.69 Å². The van der Waals surface area contributed by atoms with Crippen LogP contribution in [0.5, 0.6) is 0 Å². The van der Waals surface area contributed by atoms with Gasteiger partial charge in [0.25, 0.3) is 0 Å². The number of alkyl halides is 3. The molecule has 44 heavy (non-hydrogen) atoms. The molecular formula is C32H29F3N4O4S. The Labute approximate surface area is 253 Å². The monoisotopic (exact) mass is 622 g/mol. The Morgan fingerprint density at radius 2 is 1.16 bits per heavy atom. The van der Waals surface area contributed by atoms with Crippen molar-refractivity contribution in [3.8, 4) is 22.3 Å². The van der Waals surface area contributed by atoms with Crippen molar-refractivity contribution in [1.29, 1.82) is 0 Å². The third kappa shape index (κ3) is 6.81. The topological polar surface area (TPSA) is 108 Å². The van der Waals surface area contributed by atoms with Crippen molar-refractivity contribution in [3.05, 3.63) is 95.8 Å². The second-order valence-electron chi connectivity index (χ2n) is 10.6. The molecule has 8 nitrogen and oxygen atoms in total. The first-order chi connectivity index (χ1) is 20.8. The summed E-state index contributed by atoms with van der Waals surface area (Å²) in [5.74, 6) is 0.0231. The summed E-state index contributed by atoms with van der Waals surface area (Å²) in [4.78, 5) is 26.4. The van der Waals surface area contributed by atoms with Gasteiger partial charge in [-0.05, 0) is 83.1 Å². The summed E-state index contributed by atoms with van der Waals surface area (Å²) in [6.45, 7) is 0. The molecule has 2 aliphatic rings. The van der Waals surface area contributed by atoms with E-state index in [9.17, 15) is 31.2 Å². The van der Waals surface area contributed by atoms with Gasteiger partial charge in [-0.2, -0.15) is 13.2 Å². The minimum absolute atomic E-state index is 0.0218. The Morgan fingerprint density at radius 3 is 1.61 bits per heavy atom. The molecule has 0 atom stereocenters. The van der Waals surface area contributed by atoms with Crippen LogP contribution in [0, 0.1) is 0 Å². The lowest BCUT2D eigenvalue weighted by Crippen LogP contribution is -2.22. The summed E-state index contributed by atoms with van der Waals surface area (Å²) in [5.41, 5.74) is 6.15. The van der Waals surface area contributed by atoms with Gasteiger partial charge in [0.2, 0.25) is 21.8 Å². The number of nitrogens with one attached hydrogen (secondary N) is 2. The van der Waals surface area contributed by atoms with Crippen molar-refractivity contribution in [2.75, 3.05) is 24.7 Å². The Kier molecular flexibility index (Phi) is 8.57. The molecule has 3 aromatic carbocycles. The standard InChI is InChI=1S/C17H18N2O3S.C15H11F3N2O/c1-19(2)23(21,22)15-7-3-12(4-8-15)13-5-9-16-14(11-13)6-10-17(20)18-16;16-15(17,18)13-5-2-11(8-19-13)9-1-4-12-10(7-9)3-6-14(21)20-12/h3-5,7-9,11H,6,10H2,1-2H3,(H,18,20);1-2,4-5,7-8H,3,6H2,(H,20,21). The predicted octanol–water partition coefficient (Wildman–Crippen LogP) is 6.14. The predicted molar refractivity (Wildman–Crippen MR) is 161 cm³/mol. The number of hydrogen-bond donors (Lipinski definition) is 2. The number of pyridine rings is 1. The number of rotatable bonds is 4. The highest BCUT2D eigenvalue weighted by atomic mass is 32.2. The van der Waals surface area contributed by atoms with Gasteiger partial charge in [-0.15, -0.1) is 0 Å². The highest BCUT2D eigenvalue weighted by molar-refractivity contribution is 7.89. The Balaban J connectivity index is 0.000000175. The van der Waals surface area contributed by atoms with E-state index in [1.54, 1.807) is 36.4 Å². The molecule has 4 aromatic rings. The van der Waals surface area contributed by atoms with Gasteiger partial charge in [0.05, 0.1) is 4.90 Å². The quantitative estimate of drug-likeness (QED) is 0.284. The SMILES string of the molecule is CN(C)S(=O)(=O)c1ccc(-c2ccc3c(c2)CCC(=O)N3)cc1.O=C1CCc2cc(-c3ccc(C(F)(F)F)nc3)ccc2N1. The van der Waals surface area contributed by atoms with Crippen LogP contribution in [-0.4, -0.2) is 43.6 Å². The van der Waals surface area contributed by atoms with E-state index in [1.807, 2.05) is 24.3 Å². The van der Waals surface area contributed by atoms with E-state index in [2.05, 4.69) is 15.6 Å². The maximum Gasteiger partial charge on any atom is 0.433 e. The second-order valence-corrected chi connectivity index (χ2v) is 12.7. The van der Waals surface area contributed by atoms with Crippen LogP contribution in [0.15, 0.2) is 83.9 Å². The van der Waals surface area contributed by atoms with Crippen LogP contribution < -0.4 is 10.6 Å². The average Bonchev–Trinajstić information content (AvgIpc) is 3.00. The minimum atomic E-state index is -4.43. The lowest BCUT2D eigenvalue weighted by Gasteiger charge is -2.18. The Bertz CT molecular complexity index is 1820. The lowest BCUT2D eigenvalue weighted by molar-refractivity contribution is -0.141. The highest BCUT2D eigenvalue weighted by Gasteiger charge is 2.32. The smallest absolute Gasteiger partial charge is 0.326 e. The molecule has 0 spiro atoms. The van der Waals surface area contributed by atoms with E-state index < -0.39 is 21.9 Å². The van der Waals surface area contributed by atoms with Crippen LogP contribution in [0.25, 0.3) is 22.3 Å². The molecule has 0 unspecified atom stereocenters. The summed E-state index contributed by atoms with van der Waals surface area (Å²) in [5, 5.41) is 5.62. The first kappa shape index (κ1) is 30.9. The summed E-state index contributed by atoms with van der Waals surface area (Å²) in [6, 6.07) is 20.5. The third-order valence-corrected chi connectivity index (χ3v) is 9.18. The number of hydrogen-bond acceptors (Lipinski definition) is 5. The van der Waals surface area contributed by atoms with Gasteiger partial charge in [-0.1, -0.05) is 30.3 Å². The fraction of sp³-hybridized carbons (Fsp3) is 0.219. The fourth-order valence-corrected chi connectivity index (χ4v) is 5.79. The van der Waals surface area contributed by atoms with Gasteiger partial charge in [0, 0.05) is 50.1 Å². The van der Waals surface area contributed by atoms with Crippen molar-refractivity contribution in [2.45, 2.75) is 36.8 Å². The van der Waals surface area contributed by atoms with Crippen LogP contribution in [0.4, 0.5) is 24.5 Å². The summed E-state index contributed by atoms with van der Waals surface area (Å²) in [6.07, 6.45) is -0.950. The maximum absolute atomic E-state index is 12.5. The number of halogens is 3. The molecule has 12 heteroatoms. The number of carbonyl (C=O) groups excluding carboxylic acids is 2. The molecule has 0 bridgehead atoms. The van der Waals surface area contributed by atoms with Gasteiger partial charge < -0.3 is 10.6 Å². The lowest BCUT2D eigenvalue weighted by atomic mass is 9.97. The average molecular weight is 623 g/mol. The van der Waals surface area contributed by atoms with Crippen molar-refractivity contribution in [2.24, 2.45) is 0 Å². The van der Waals surface area contributed by atoms with Crippen molar-refractivity contribution in [3.63, 3.8) is 0 Å². The van der Waals surface area contributed by atoms with E-state index in [4.69, 9.17) is 0 Å². The van der Waals surface area contributed by atoms with E-state index >= 15 is 0 Å². The van der Waals surface area contributed by atoms with Crippen molar-refractivity contribution >= 4 is 33.2 Å². The Hall–Kier alpha value is -4.55. The molecule has 0 saturated carbocycles. The normalized spacial score (nSPS) is 14.5. The molecule has 2 aliphatic heterocycles. The number of amides is 2. The molecule has 2 N–H and O–H groups in total. The molecule has 228 valence electrons. The first-order valence-electron chi connectivity index (χ1n) is 13.7. The zero-order chi connectivity index (χ0) is 31.6. The summed E-state index contributed by atoms with van der Waals surface area (Å²) in [7, 11) is -0.381. The van der Waals surface area contributed by atoms with E-state index in [0.717, 1.165) is 51.7 Å². The van der Waals surface area contributed by atoms with Crippen LogP contribution in [0.2, 0.25) is 0 Å². The van der Waals surface area contributed by atoms with E-state index in [1.165, 1.54) is 30.7 Å². The number of nitrogens with zero attached hydrogens (tertiary/aromatic N) is 2. The minimum Gasteiger partial charge on any atom is -0.326 e. The molecule has 3 heterocycles. The fourth-order valence-electron chi connectivity index (χ4n) is 4.89. The maximum atomic E-state index is 12.5. The molecule has 6 rings (SSSR count). The zero-order valence-electron chi connectivity index (χ0n) is 23.9. The van der Waals surface area contributed by atoms with Crippen LogP contribution in [0.3, 0.4) is 0 Å². The largest absolute Gasteiger partial charge is 0.433 e. The van der Waals surface area contributed by atoms with Crippen LogP contribution >= 0.6 is 0 Å². The summed E-state index contributed by atoms with van der Waals surface area (Å²) >= 11 is 0. The molecule has 0 radical (unpaired) electrons. The van der Waals surface area contributed by atoms with Gasteiger partial charge >= 0.3 is 6.18 Å². The van der Waals surface area contributed by atoms with Gasteiger partial charge in [-0.25, -0.2) is 12.7 Å².